The molecule has 3 rings (SSSR count). The van der Waals surface area contributed by atoms with Crippen LogP contribution >= 0.6 is 0 Å². The van der Waals surface area contributed by atoms with Gasteiger partial charge < -0.3 is 19.5 Å². The molecular formula is C25H28N2O6S. The van der Waals surface area contributed by atoms with Crippen LogP contribution in [0.2, 0.25) is 0 Å². The molecule has 0 unspecified atom stereocenters. The second-order valence-electron chi connectivity index (χ2n) is 7.44. The Morgan fingerprint density at radius 1 is 0.853 bits per heavy atom. The van der Waals surface area contributed by atoms with Crippen LogP contribution in [0.15, 0.2) is 71.6 Å². The molecule has 0 aliphatic heterocycles. The molecule has 0 fully saturated rings. The fourth-order valence-corrected chi connectivity index (χ4v) is 4.39. The second kappa shape index (κ2) is 11.5. The normalized spacial score (nSPS) is 11.0. The highest BCUT2D eigenvalue weighted by atomic mass is 32.2. The van der Waals surface area contributed by atoms with E-state index < -0.39 is 10.0 Å². The van der Waals surface area contributed by atoms with E-state index in [1.165, 1.54) is 12.1 Å². The number of ether oxygens (including phenoxy) is 3. The number of aryl methyl sites for hydroxylation is 1. The average Bonchev–Trinajstić information content (AvgIpc) is 2.85. The van der Waals surface area contributed by atoms with Gasteiger partial charge in [0.1, 0.15) is 17.2 Å². The van der Waals surface area contributed by atoms with Crippen LogP contribution < -0.4 is 24.2 Å². The van der Waals surface area contributed by atoms with E-state index in [1.54, 1.807) is 45.4 Å². The molecule has 0 spiro atoms. The maximum Gasteiger partial charge on any atom is 0.258 e. The monoisotopic (exact) mass is 484 g/mol. The Balaban J connectivity index is 1.57. The summed E-state index contributed by atoms with van der Waals surface area (Å²) in [6.07, 6.45) is 0. The molecule has 9 heteroatoms. The molecule has 0 atom stereocenters. The number of hydrogen-bond donors (Lipinski definition) is 2. The summed E-state index contributed by atoms with van der Waals surface area (Å²) in [6, 6.07) is 19.1. The van der Waals surface area contributed by atoms with E-state index >= 15 is 0 Å². The van der Waals surface area contributed by atoms with Crippen LogP contribution in [0.1, 0.15) is 16.7 Å². The summed E-state index contributed by atoms with van der Waals surface area (Å²) >= 11 is 0. The summed E-state index contributed by atoms with van der Waals surface area (Å²) in [5.74, 6) is 1.30. The van der Waals surface area contributed by atoms with E-state index in [2.05, 4.69) is 10.0 Å². The quantitative estimate of drug-likeness (QED) is 0.433. The fraction of sp³-hybridized carbons (Fsp3) is 0.240. The minimum absolute atomic E-state index is 0.126. The lowest BCUT2D eigenvalue weighted by Gasteiger charge is -2.14. The lowest BCUT2D eigenvalue weighted by molar-refractivity contribution is -0.123. The number of hydrogen-bond acceptors (Lipinski definition) is 6. The number of sulfonamides is 1. The molecule has 2 N–H and O–H groups in total. The number of carbonyl (C=O) groups excluding carboxylic acids is 1. The minimum atomic E-state index is -3.69. The van der Waals surface area contributed by atoms with Gasteiger partial charge in [0, 0.05) is 6.54 Å². The SMILES string of the molecule is COc1cccc(OC)c1CNC(=O)COc1ccc(S(=O)(=O)NCc2ccccc2)cc1C. The third kappa shape index (κ3) is 6.49. The van der Waals surface area contributed by atoms with Crippen molar-refractivity contribution in [2.45, 2.75) is 24.9 Å². The van der Waals surface area contributed by atoms with Crippen molar-refractivity contribution in [3.63, 3.8) is 0 Å². The maximum atomic E-state index is 12.6. The second-order valence-corrected chi connectivity index (χ2v) is 9.21. The third-order valence-electron chi connectivity index (χ3n) is 5.12. The van der Waals surface area contributed by atoms with Crippen LogP contribution in [0.4, 0.5) is 0 Å². The summed E-state index contributed by atoms with van der Waals surface area (Å²) < 4.78 is 44.1. The highest BCUT2D eigenvalue weighted by molar-refractivity contribution is 7.89. The van der Waals surface area contributed by atoms with Gasteiger partial charge >= 0.3 is 0 Å². The van der Waals surface area contributed by atoms with Crippen molar-refractivity contribution < 1.29 is 27.4 Å². The molecule has 3 aromatic rings. The zero-order valence-corrected chi connectivity index (χ0v) is 20.1. The van der Waals surface area contributed by atoms with Gasteiger partial charge in [0.2, 0.25) is 10.0 Å². The molecule has 180 valence electrons. The van der Waals surface area contributed by atoms with E-state index in [1.807, 2.05) is 30.3 Å². The van der Waals surface area contributed by atoms with Gasteiger partial charge in [0.25, 0.3) is 5.91 Å². The van der Waals surface area contributed by atoms with E-state index in [9.17, 15) is 13.2 Å². The Bertz CT molecular complexity index is 1210. The van der Waals surface area contributed by atoms with Crippen LogP contribution in [0.5, 0.6) is 17.2 Å². The summed E-state index contributed by atoms with van der Waals surface area (Å²) in [7, 11) is -0.593. The Kier molecular flexibility index (Phi) is 8.50. The number of benzene rings is 3. The number of carbonyl (C=O) groups is 1. The van der Waals surface area contributed by atoms with E-state index in [0.29, 0.717) is 22.8 Å². The zero-order chi connectivity index (χ0) is 24.6. The predicted octanol–water partition coefficient (Wildman–Crippen LogP) is 3.19. The molecule has 34 heavy (non-hydrogen) atoms. The van der Waals surface area contributed by atoms with Crippen LogP contribution in [-0.2, 0) is 27.9 Å². The first-order valence-corrected chi connectivity index (χ1v) is 12.1. The van der Waals surface area contributed by atoms with Crippen molar-refractivity contribution in [3.05, 3.63) is 83.4 Å². The first-order chi connectivity index (χ1) is 16.3. The molecule has 0 saturated carbocycles. The molecular weight excluding hydrogens is 456 g/mol. The van der Waals surface area contributed by atoms with Gasteiger partial charge in [-0.2, -0.15) is 0 Å². The van der Waals surface area contributed by atoms with Gasteiger partial charge in [0.15, 0.2) is 6.61 Å². The number of methoxy groups -OCH3 is 2. The lowest BCUT2D eigenvalue weighted by Crippen LogP contribution is -2.29. The summed E-state index contributed by atoms with van der Waals surface area (Å²) in [5, 5.41) is 2.78. The van der Waals surface area contributed by atoms with Crippen LogP contribution in [0.25, 0.3) is 0 Å². The third-order valence-corrected chi connectivity index (χ3v) is 6.52. The van der Waals surface area contributed by atoms with Crippen molar-refractivity contribution in [2.75, 3.05) is 20.8 Å². The maximum absolute atomic E-state index is 12.6. The Morgan fingerprint density at radius 2 is 1.53 bits per heavy atom. The molecule has 0 saturated heterocycles. The van der Waals surface area contributed by atoms with Gasteiger partial charge in [-0.1, -0.05) is 36.4 Å². The van der Waals surface area contributed by atoms with Crippen molar-refractivity contribution >= 4 is 15.9 Å². The lowest BCUT2D eigenvalue weighted by atomic mass is 10.1. The highest BCUT2D eigenvalue weighted by Crippen LogP contribution is 2.28. The van der Waals surface area contributed by atoms with Crippen molar-refractivity contribution in [1.29, 1.82) is 0 Å². The Labute approximate surface area is 199 Å². The molecule has 0 aromatic heterocycles. The smallest absolute Gasteiger partial charge is 0.258 e. The topological polar surface area (TPSA) is 103 Å². The Morgan fingerprint density at radius 3 is 2.15 bits per heavy atom. The molecule has 8 nitrogen and oxygen atoms in total. The van der Waals surface area contributed by atoms with E-state index in [0.717, 1.165) is 11.1 Å². The van der Waals surface area contributed by atoms with Crippen molar-refractivity contribution in [1.82, 2.24) is 10.0 Å². The number of rotatable bonds is 11. The minimum Gasteiger partial charge on any atom is -0.496 e. The van der Waals surface area contributed by atoms with E-state index in [4.69, 9.17) is 14.2 Å². The van der Waals surface area contributed by atoms with Gasteiger partial charge in [-0.25, -0.2) is 13.1 Å². The van der Waals surface area contributed by atoms with Crippen LogP contribution in [0, 0.1) is 6.92 Å². The molecule has 0 bridgehead atoms. The first-order valence-electron chi connectivity index (χ1n) is 10.6. The number of nitrogens with one attached hydrogen (secondary N) is 2. The number of amides is 1. The summed E-state index contributed by atoms with van der Waals surface area (Å²) in [6.45, 7) is 1.90. The largest absolute Gasteiger partial charge is 0.496 e. The molecule has 1 amide bonds. The molecule has 0 aliphatic rings. The molecule has 0 radical (unpaired) electrons. The van der Waals surface area contributed by atoms with Crippen LogP contribution in [0.3, 0.4) is 0 Å². The molecule has 0 aliphatic carbocycles. The van der Waals surface area contributed by atoms with Gasteiger partial charge in [-0.3, -0.25) is 4.79 Å². The highest BCUT2D eigenvalue weighted by Gasteiger charge is 2.16. The molecule has 0 heterocycles. The van der Waals surface area contributed by atoms with E-state index in [-0.39, 0.29) is 30.5 Å². The van der Waals surface area contributed by atoms with Crippen LogP contribution in [-0.4, -0.2) is 35.2 Å². The Hall–Kier alpha value is -3.56. The van der Waals surface area contributed by atoms with Gasteiger partial charge in [-0.15, -0.1) is 0 Å². The van der Waals surface area contributed by atoms with Crippen molar-refractivity contribution in [2.24, 2.45) is 0 Å². The average molecular weight is 485 g/mol. The summed E-state index contributed by atoms with van der Waals surface area (Å²) in [5.41, 5.74) is 2.18. The standard InChI is InChI=1S/C25H28N2O6S/c1-18-14-20(34(29,30)27-15-19-8-5-4-6-9-19)12-13-22(18)33-17-25(28)26-16-21-23(31-2)10-7-11-24(21)32-3/h4-14,27H,15-17H2,1-3H3,(H,26,28). The first kappa shape index (κ1) is 25.1. The predicted molar refractivity (Wildman–Crippen MR) is 129 cm³/mol. The summed E-state index contributed by atoms with van der Waals surface area (Å²) in [4.78, 5) is 12.4. The molecule has 3 aromatic carbocycles. The van der Waals surface area contributed by atoms with Crippen molar-refractivity contribution in [3.8, 4) is 17.2 Å². The van der Waals surface area contributed by atoms with Gasteiger partial charge in [-0.05, 0) is 48.4 Å². The fourth-order valence-electron chi connectivity index (χ4n) is 3.29. The zero-order valence-electron chi connectivity index (χ0n) is 19.3. The van der Waals surface area contributed by atoms with Gasteiger partial charge in [0.05, 0.1) is 31.2 Å².